The van der Waals surface area contributed by atoms with Crippen LogP contribution in [0.4, 0.5) is 15.8 Å². The van der Waals surface area contributed by atoms with E-state index in [4.69, 9.17) is 12.2 Å². The first-order chi connectivity index (χ1) is 14.2. The molecule has 152 valence electrons. The molecule has 2 aliphatic heterocycles. The highest BCUT2D eigenvalue weighted by Gasteiger charge is 2.49. The molecule has 4 rings (SSSR count). The van der Waals surface area contributed by atoms with Gasteiger partial charge in [-0.05, 0) is 73.9 Å². The lowest BCUT2D eigenvalue weighted by atomic mass is 9.93. The number of aryl methyl sites for hydroxylation is 1. The minimum atomic E-state index is -0.679. The number of hydrogen-bond donors (Lipinski definition) is 1. The van der Waals surface area contributed by atoms with Gasteiger partial charge in [-0.2, -0.15) is 5.26 Å². The van der Waals surface area contributed by atoms with Crippen LogP contribution >= 0.6 is 12.2 Å². The van der Waals surface area contributed by atoms with Gasteiger partial charge in [-0.3, -0.25) is 9.69 Å². The predicted octanol–water partition coefficient (Wildman–Crippen LogP) is 4.54. The third-order valence-corrected chi connectivity index (χ3v) is 6.49. The highest BCUT2D eigenvalue weighted by atomic mass is 32.1. The van der Waals surface area contributed by atoms with Crippen molar-refractivity contribution in [3.63, 3.8) is 0 Å². The van der Waals surface area contributed by atoms with Gasteiger partial charge in [-0.25, -0.2) is 4.39 Å². The van der Waals surface area contributed by atoms with E-state index in [9.17, 15) is 10.1 Å². The Morgan fingerprint density at radius 1 is 1.33 bits per heavy atom. The van der Waals surface area contributed by atoms with E-state index in [0.717, 1.165) is 11.3 Å². The average Bonchev–Trinajstić information content (AvgIpc) is 3.17. The number of anilines is 2. The van der Waals surface area contributed by atoms with Crippen LogP contribution in [0, 0.1) is 24.1 Å². The Bertz CT molecular complexity index is 1170. The number of benzene rings is 2. The summed E-state index contributed by atoms with van der Waals surface area (Å²) in [4.78, 5) is 15.8. The lowest BCUT2D eigenvalue weighted by molar-refractivity contribution is 0.0965. The highest BCUT2D eigenvalue weighted by Crippen LogP contribution is 2.45. The zero-order valence-corrected chi connectivity index (χ0v) is 17.9. The van der Waals surface area contributed by atoms with E-state index in [-0.39, 0.29) is 11.6 Å². The van der Waals surface area contributed by atoms with Crippen molar-refractivity contribution in [3.05, 3.63) is 70.7 Å². The van der Waals surface area contributed by atoms with Crippen molar-refractivity contribution in [2.75, 3.05) is 9.80 Å². The molecule has 7 heteroatoms. The Balaban J connectivity index is 1.87. The maximum Gasteiger partial charge on any atom is 0.251 e. The van der Waals surface area contributed by atoms with Crippen molar-refractivity contribution >= 4 is 34.6 Å². The van der Waals surface area contributed by atoms with E-state index in [1.54, 1.807) is 23.1 Å². The molecule has 2 aliphatic rings. The first kappa shape index (κ1) is 20.0. The molecule has 1 fully saturated rings. The minimum absolute atomic E-state index is 0.215. The molecule has 1 unspecified atom stereocenters. The predicted molar refractivity (Wildman–Crippen MR) is 119 cm³/mol. The number of thiocarbonyl (C=S) groups is 1. The molecule has 0 aromatic heterocycles. The van der Waals surface area contributed by atoms with Crippen LogP contribution in [0.5, 0.6) is 0 Å². The van der Waals surface area contributed by atoms with Crippen LogP contribution < -0.4 is 15.1 Å². The molecule has 0 aliphatic carbocycles. The quantitative estimate of drug-likeness (QED) is 0.739. The molecule has 2 aromatic rings. The number of nitrogens with one attached hydrogen (secondary N) is 1. The maximum atomic E-state index is 15.2. The molecule has 0 spiro atoms. The van der Waals surface area contributed by atoms with Crippen molar-refractivity contribution in [3.8, 4) is 6.07 Å². The summed E-state index contributed by atoms with van der Waals surface area (Å²) in [5, 5.41) is 12.3. The Morgan fingerprint density at radius 2 is 2.07 bits per heavy atom. The molecule has 1 N–H and O–H groups in total. The monoisotopic (exact) mass is 420 g/mol. The topological polar surface area (TPSA) is 59.4 Å². The largest absolute Gasteiger partial charge is 0.348 e. The SMILES string of the molecule is C=C1N(c2ccc(C#N)cc2C)C(=S)N(c2cc3c(cc2F)CNC3=O)C1(C)CC. The third kappa shape index (κ3) is 2.71. The van der Waals surface area contributed by atoms with E-state index in [2.05, 4.69) is 18.0 Å². The molecule has 2 heterocycles. The number of carbonyl (C=O) groups excluding carboxylic acids is 1. The Kier molecular flexibility index (Phi) is 4.63. The second-order valence-corrected chi connectivity index (χ2v) is 8.15. The number of amides is 1. The van der Waals surface area contributed by atoms with Crippen LogP contribution in [-0.2, 0) is 6.54 Å². The average molecular weight is 421 g/mol. The molecule has 2 aromatic carbocycles. The van der Waals surface area contributed by atoms with Gasteiger partial charge in [-0.1, -0.05) is 13.5 Å². The summed E-state index contributed by atoms with van der Waals surface area (Å²) in [6, 6.07) is 10.5. The number of fused-ring (bicyclic) bond motifs is 1. The fourth-order valence-corrected chi connectivity index (χ4v) is 4.66. The van der Waals surface area contributed by atoms with Gasteiger partial charge in [-0.15, -0.1) is 0 Å². The van der Waals surface area contributed by atoms with Crippen LogP contribution in [0.1, 0.15) is 47.3 Å². The molecule has 0 saturated carbocycles. The van der Waals surface area contributed by atoms with E-state index in [1.807, 2.05) is 31.7 Å². The zero-order valence-electron chi connectivity index (χ0n) is 17.0. The number of hydrogen-bond acceptors (Lipinski definition) is 3. The standard InChI is InChI=1S/C23H21FN4OS/c1-5-23(4)14(3)27(19-7-6-15(11-25)8-13(19)2)22(30)28(23)20-10-17-16(9-18(20)24)12-26-21(17)29/h6-10H,3,5,12H2,1-2,4H3,(H,26,29). The first-order valence-electron chi connectivity index (χ1n) is 9.68. The number of nitriles is 1. The number of rotatable bonds is 3. The zero-order chi connectivity index (χ0) is 21.8. The second kappa shape index (κ2) is 6.92. The van der Waals surface area contributed by atoms with Crippen LogP contribution in [0.15, 0.2) is 42.6 Å². The molecule has 1 saturated heterocycles. The van der Waals surface area contributed by atoms with Crippen LogP contribution in [0.25, 0.3) is 0 Å². The van der Waals surface area contributed by atoms with Gasteiger partial charge in [0.2, 0.25) is 0 Å². The third-order valence-electron chi connectivity index (χ3n) is 6.12. The molecule has 1 atom stereocenters. The van der Waals surface area contributed by atoms with Crippen LogP contribution in [0.2, 0.25) is 0 Å². The molecule has 5 nitrogen and oxygen atoms in total. The molecule has 0 bridgehead atoms. The number of halogens is 1. The summed E-state index contributed by atoms with van der Waals surface area (Å²) in [5.41, 5.74) is 3.62. The van der Waals surface area contributed by atoms with Gasteiger partial charge in [0.25, 0.3) is 5.91 Å². The van der Waals surface area contributed by atoms with Crippen LogP contribution in [0.3, 0.4) is 0 Å². The van der Waals surface area contributed by atoms with Gasteiger partial charge in [0.05, 0.1) is 28.5 Å². The number of carbonyl (C=O) groups is 1. The smallest absolute Gasteiger partial charge is 0.251 e. The summed E-state index contributed by atoms with van der Waals surface area (Å²) in [6.45, 7) is 10.5. The van der Waals surface area contributed by atoms with E-state index >= 15 is 4.39 Å². The fraction of sp³-hybridized carbons (Fsp3) is 0.261. The number of nitrogens with zero attached hydrogens (tertiary/aromatic N) is 3. The highest BCUT2D eigenvalue weighted by molar-refractivity contribution is 7.80. The Morgan fingerprint density at radius 3 is 2.70 bits per heavy atom. The Hall–Kier alpha value is -3.24. The van der Waals surface area contributed by atoms with Crippen molar-refractivity contribution < 1.29 is 9.18 Å². The van der Waals surface area contributed by atoms with Gasteiger partial charge in [0.1, 0.15) is 5.82 Å². The lowest BCUT2D eigenvalue weighted by Gasteiger charge is -2.34. The van der Waals surface area contributed by atoms with Crippen molar-refractivity contribution in [1.29, 1.82) is 5.26 Å². The van der Waals surface area contributed by atoms with Crippen molar-refractivity contribution in [2.45, 2.75) is 39.3 Å². The minimum Gasteiger partial charge on any atom is -0.348 e. The van der Waals surface area contributed by atoms with Crippen molar-refractivity contribution in [1.82, 2.24) is 5.32 Å². The summed E-state index contributed by atoms with van der Waals surface area (Å²) in [6.07, 6.45) is 0.626. The molecular weight excluding hydrogens is 399 g/mol. The first-order valence-corrected chi connectivity index (χ1v) is 10.1. The van der Waals surface area contributed by atoms with Gasteiger partial charge >= 0.3 is 0 Å². The summed E-state index contributed by atoms with van der Waals surface area (Å²) >= 11 is 5.81. The molecule has 0 radical (unpaired) electrons. The van der Waals surface area contributed by atoms with E-state index in [1.165, 1.54) is 6.07 Å². The normalized spacial score (nSPS) is 20.4. The van der Waals surface area contributed by atoms with Gasteiger partial charge in [0.15, 0.2) is 5.11 Å². The van der Waals surface area contributed by atoms with E-state index < -0.39 is 11.4 Å². The van der Waals surface area contributed by atoms with Gasteiger partial charge < -0.3 is 10.2 Å². The molecule has 30 heavy (non-hydrogen) atoms. The molecular formula is C23H21FN4OS. The Labute approximate surface area is 180 Å². The van der Waals surface area contributed by atoms with E-state index in [0.29, 0.717) is 40.5 Å². The second-order valence-electron chi connectivity index (χ2n) is 7.78. The van der Waals surface area contributed by atoms with Crippen LogP contribution in [-0.4, -0.2) is 16.6 Å². The summed E-state index contributed by atoms with van der Waals surface area (Å²) in [5.74, 6) is -0.647. The molecule has 1 amide bonds. The summed E-state index contributed by atoms with van der Waals surface area (Å²) < 4.78 is 15.2. The lowest BCUT2D eigenvalue weighted by Crippen LogP contribution is -2.44. The fourth-order valence-electron chi connectivity index (χ4n) is 4.15. The van der Waals surface area contributed by atoms with Gasteiger partial charge in [0, 0.05) is 17.8 Å². The maximum absolute atomic E-state index is 15.2. The van der Waals surface area contributed by atoms with Crippen molar-refractivity contribution in [2.24, 2.45) is 0 Å². The summed E-state index contributed by atoms with van der Waals surface area (Å²) in [7, 11) is 0.